The zero-order chi connectivity index (χ0) is 19.0. The Balaban J connectivity index is 1.42. The molecule has 0 saturated carbocycles. The molecule has 3 heterocycles. The highest BCUT2D eigenvalue weighted by Crippen LogP contribution is 2.33. The van der Waals surface area contributed by atoms with Gasteiger partial charge in [-0.1, -0.05) is 0 Å². The molecule has 0 radical (unpaired) electrons. The third kappa shape index (κ3) is 3.67. The number of pyridine rings is 1. The zero-order valence-corrected chi connectivity index (χ0v) is 16.3. The number of halogens is 1. The maximum atomic E-state index is 13.4. The topological polar surface area (TPSA) is 45.2 Å². The number of nitrogens with zero attached hydrogens (tertiary/aromatic N) is 2. The van der Waals surface area contributed by atoms with Gasteiger partial charge in [-0.05, 0) is 62.6 Å². The van der Waals surface area contributed by atoms with Gasteiger partial charge in [0.25, 0.3) is 0 Å². The van der Waals surface area contributed by atoms with Gasteiger partial charge in [0.05, 0.1) is 0 Å². The Morgan fingerprint density at radius 3 is 2.74 bits per heavy atom. The van der Waals surface area contributed by atoms with Crippen LogP contribution in [0.1, 0.15) is 23.3 Å². The van der Waals surface area contributed by atoms with Crippen LogP contribution in [0.25, 0.3) is 10.1 Å². The fourth-order valence-electron chi connectivity index (χ4n) is 3.65. The molecule has 27 heavy (non-hydrogen) atoms. The number of amides is 1. The van der Waals surface area contributed by atoms with Gasteiger partial charge < -0.3 is 10.2 Å². The number of aryl methyl sites for hydroxylation is 2. The fraction of sp³-hybridized carbons (Fsp3) is 0.333. The van der Waals surface area contributed by atoms with Gasteiger partial charge in [-0.25, -0.2) is 9.37 Å². The second-order valence-corrected chi connectivity index (χ2v) is 8.41. The summed E-state index contributed by atoms with van der Waals surface area (Å²) in [5.41, 5.74) is 1.19. The number of piperidine rings is 1. The summed E-state index contributed by atoms with van der Waals surface area (Å²) < 4.78 is 14.6. The van der Waals surface area contributed by atoms with Crippen LogP contribution in [-0.4, -0.2) is 24.0 Å². The third-order valence-electron chi connectivity index (χ3n) is 5.14. The number of nitrogens with one attached hydrogen (secondary N) is 1. The summed E-state index contributed by atoms with van der Waals surface area (Å²) in [5, 5.41) is 4.13. The number of carbonyl (C=O) groups excluding carboxylic acids is 1. The second kappa shape index (κ2) is 7.27. The average molecular weight is 383 g/mol. The first kappa shape index (κ1) is 17.9. The largest absolute Gasteiger partial charge is 0.356 e. The summed E-state index contributed by atoms with van der Waals surface area (Å²) in [6.45, 7) is 5.43. The molecule has 0 unspecified atom stereocenters. The molecule has 1 N–H and O–H groups in total. The summed E-state index contributed by atoms with van der Waals surface area (Å²) in [6.07, 6.45) is 3.43. The van der Waals surface area contributed by atoms with Crippen LogP contribution in [0.4, 0.5) is 15.9 Å². The van der Waals surface area contributed by atoms with Crippen LogP contribution in [0.3, 0.4) is 0 Å². The zero-order valence-electron chi connectivity index (χ0n) is 15.5. The molecule has 4 nitrogen and oxygen atoms in total. The van der Waals surface area contributed by atoms with Gasteiger partial charge in [0, 0.05) is 45.9 Å². The summed E-state index contributed by atoms with van der Waals surface area (Å²) in [7, 11) is 0. The summed E-state index contributed by atoms with van der Waals surface area (Å²) in [4.78, 5) is 20.7. The van der Waals surface area contributed by atoms with E-state index in [4.69, 9.17) is 0 Å². The van der Waals surface area contributed by atoms with Crippen LogP contribution in [0, 0.1) is 25.6 Å². The van der Waals surface area contributed by atoms with Crippen molar-refractivity contribution in [3.63, 3.8) is 0 Å². The predicted molar refractivity (Wildman–Crippen MR) is 109 cm³/mol. The van der Waals surface area contributed by atoms with Crippen molar-refractivity contribution in [1.29, 1.82) is 0 Å². The lowest BCUT2D eigenvalue weighted by Gasteiger charge is -2.32. The van der Waals surface area contributed by atoms with E-state index in [2.05, 4.69) is 34.3 Å². The van der Waals surface area contributed by atoms with Crippen LogP contribution in [0.5, 0.6) is 0 Å². The van der Waals surface area contributed by atoms with Crippen molar-refractivity contribution < 1.29 is 9.18 Å². The highest BCUT2D eigenvalue weighted by molar-refractivity contribution is 7.19. The number of carbonyl (C=O) groups is 1. The van der Waals surface area contributed by atoms with Gasteiger partial charge in [0.1, 0.15) is 11.6 Å². The van der Waals surface area contributed by atoms with Crippen LogP contribution in [0.15, 0.2) is 36.5 Å². The van der Waals surface area contributed by atoms with Gasteiger partial charge in [0.2, 0.25) is 5.91 Å². The molecule has 4 rings (SSSR count). The number of aromatic nitrogens is 1. The number of rotatable bonds is 3. The number of thiophene rings is 1. The quantitative estimate of drug-likeness (QED) is 0.699. The minimum absolute atomic E-state index is 0.0122. The number of hydrogen-bond donors (Lipinski definition) is 1. The molecule has 0 spiro atoms. The van der Waals surface area contributed by atoms with Crippen molar-refractivity contribution in [2.45, 2.75) is 26.7 Å². The van der Waals surface area contributed by atoms with E-state index in [1.165, 1.54) is 21.0 Å². The molecular weight excluding hydrogens is 361 g/mol. The molecule has 3 aromatic rings. The molecule has 6 heteroatoms. The maximum absolute atomic E-state index is 13.4. The monoisotopic (exact) mass is 383 g/mol. The van der Waals surface area contributed by atoms with Crippen molar-refractivity contribution in [3.05, 3.63) is 52.8 Å². The Labute approximate surface area is 162 Å². The minimum atomic E-state index is -0.258. The maximum Gasteiger partial charge on any atom is 0.227 e. The molecule has 0 atom stereocenters. The second-order valence-electron chi connectivity index (χ2n) is 7.12. The molecule has 2 aromatic heterocycles. The Hall–Kier alpha value is -2.47. The van der Waals surface area contributed by atoms with Gasteiger partial charge in [-0.15, -0.1) is 11.3 Å². The van der Waals surface area contributed by atoms with Crippen LogP contribution in [0.2, 0.25) is 0 Å². The average Bonchev–Trinajstić information content (AvgIpc) is 3.05. The Morgan fingerprint density at radius 1 is 1.22 bits per heavy atom. The summed E-state index contributed by atoms with van der Waals surface area (Å²) in [5.74, 6) is 0.741. The van der Waals surface area contributed by atoms with E-state index in [0.717, 1.165) is 31.7 Å². The lowest BCUT2D eigenvalue weighted by Crippen LogP contribution is -2.38. The van der Waals surface area contributed by atoms with E-state index in [1.54, 1.807) is 30.4 Å². The van der Waals surface area contributed by atoms with E-state index in [9.17, 15) is 9.18 Å². The van der Waals surface area contributed by atoms with Crippen molar-refractivity contribution in [2.75, 3.05) is 23.3 Å². The SMILES string of the molecule is Cc1cc2c(N3CCC(C(=O)Nc4ccc(F)c(C)c4)CC3)nccc2s1. The van der Waals surface area contributed by atoms with E-state index >= 15 is 0 Å². The molecule has 1 saturated heterocycles. The standard InChI is InChI=1S/C21H22FN3OS/c1-13-11-16(3-4-18(13)22)24-21(26)15-6-9-25(10-7-15)20-17-12-14(2)27-19(17)5-8-23-20/h3-5,8,11-12,15H,6-7,9-10H2,1-2H3,(H,24,26). The molecule has 1 fully saturated rings. The number of anilines is 2. The lowest BCUT2D eigenvalue weighted by molar-refractivity contribution is -0.120. The Bertz CT molecular complexity index is 992. The molecule has 1 aromatic carbocycles. The van der Waals surface area contributed by atoms with Crippen LogP contribution >= 0.6 is 11.3 Å². The third-order valence-corrected chi connectivity index (χ3v) is 6.15. The van der Waals surface area contributed by atoms with Crippen molar-refractivity contribution in [2.24, 2.45) is 5.92 Å². The van der Waals surface area contributed by atoms with Gasteiger partial charge in [-0.3, -0.25) is 4.79 Å². The first-order chi connectivity index (χ1) is 13.0. The molecule has 1 aliphatic heterocycles. The number of hydrogen-bond acceptors (Lipinski definition) is 4. The lowest BCUT2D eigenvalue weighted by atomic mass is 9.95. The van der Waals surface area contributed by atoms with Gasteiger partial charge in [-0.2, -0.15) is 0 Å². The van der Waals surface area contributed by atoms with Gasteiger partial charge in [0.15, 0.2) is 0 Å². The molecular formula is C21H22FN3OS. The van der Waals surface area contributed by atoms with Gasteiger partial charge >= 0.3 is 0 Å². The van der Waals surface area contributed by atoms with E-state index in [0.29, 0.717) is 11.3 Å². The first-order valence-corrected chi connectivity index (χ1v) is 10.00. The molecule has 1 amide bonds. The summed E-state index contributed by atoms with van der Waals surface area (Å²) >= 11 is 1.78. The highest BCUT2D eigenvalue weighted by Gasteiger charge is 2.26. The number of fused-ring (bicyclic) bond motifs is 1. The minimum Gasteiger partial charge on any atom is -0.356 e. The normalized spacial score (nSPS) is 15.3. The van der Waals surface area contributed by atoms with E-state index in [1.807, 2.05) is 6.20 Å². The van der Waals surface area contributed by atoms with Crippen LogP contribution in [-0.2, 0) is 4.79 Å². The molecule has 0 aliphatic carbocycles. The Kier molecular flexibility index (Phi) is 4.83. The van der Waals surface area contributed by atoms with Crippen LogP contribution < -0.4 is 10.2 Å². The van der Waals surface area contributed by atoms with E-state index in [-0.39, 0.29) is 17.6 Å². The Morgan fingerprint density at radius 2 is 2.00 bits per heavy atom. The van der Waals surface area contributed by atoms with Crippen molar-refractivity contribution in [3.8, 4) is 0 Å². The molecule has 0 bridgehead atoms. The van der Waals surface area contributed by atoms with Crippen molar-refractivity contribution in [1.82, 2.24) is 4.98 Å². The molecule has 1 aliphatic rings. The number of benzene rings is 1. The smallest absolute Gasteiger partial charge is 0.227 e. The highest BCUT2D eigenvalue weighted by atomic mass is 32.1. The van der Waals surface area contributed by atoms with Crippen molar-refractivity contribution >= 4 is 38.8 Å². The first-order valence-electron chi connectivity index (χ1n) is 9.18. The fourth-order valence-corrected chi connectivity index (χ4v) is 4.56. The summed E-state index contributed by atoms with van der Waals surface area (Å²) in [6, 6.07) is 8.92. The molecule has 140 valence electrons. The predicted octanol–water partition coefficient (Wildman–Crippen LogP) is 4.91. The van der Waals surface area contributed by atoms with E-state index < -0.39 is 0 Å².